The maximum Gasteiger partial charge on any atom is 0.135 e. The third kappa shape index (κ3) is 3.04. The molecule has 4 heteroatoms. The monoisotopic (exact) mass is 273 g/mol. The van der Waals surface area contributed by atoms with Crippen molar-refractivity contribution in [2.24, 2.45) is 0 Å². The van der Waals surface area contributed by atoms with Gasteiger partial charge in [0.2, 0.25) is 0 Å². The first kappa shape index (κ1) is 12.4. The number of hydrogen-bond donors (Lipinski definition) is 1. The maximum absolute atomic E-state index is 6.01. The average Bonchev–Trinajstić information content (AvgIpc) is 3.22. The molecule has 0 amide bonds. The van der Waals surface area contributed by atoms with Crippen LogP contribution in [0, 0.1) is 0 Å². The Morgan fingerprint density at radius 1 is 1.26 bits per heavy atom. The number of aromatic nitrogens is 2. The van der Waals surface area contributed by atoms with Gasteiger partial charge in [-0.15, -0.1) is 0 Å². The van der Waals surface area contributed by atoms with Crippen LogP contribution in [0.15, 0.2) is 30.3 Å². The van der Waals surface area contributed by atoms with Crippen molar-refractivity contribution in [3.8, 4) is 0 Å². The van der Waals surface area contributed by atoms with Gasteiger partial charge in [-0.2, -0.15) is 0 Å². The molecule has 0 bridgehead atoms. The third-order valence-corrected chi connectivity index (χ3v) is 3.53. The molecule has 19 heavy (non-hydrogen) atoms. The Bertz CT molecular complexity index is 594. The predicted molar refractivity (Wildman–Crippen MR) is 77.8 cm³/mol. The second-order valence-corrected chi connectivity index (χ2v) is 5.36. The lowest BCUT2D eigenvalue weighted by Gasteiger charge is -2.07. The van der Waals surface area contributed by atoms with Crippen LogP contribution in [0.25, 0.3) is 0 Å². The van der Waals surface area contributed by atoms with E-state index in [0.717, 1.165) is 34.3 Å². The highest BCUT2D eigenvalue weighted by atomic mass is 35.5. The number of rotatable bonds is 4. The van der Waals surface area contributed by atoms with E-state index in [0.29, 0.717) is 5.92 Å². The van der Waals surface area contributed by atoms with Crippen LogP contribution in [0.4, 0.5) is 5.82 Å². The van der Waals surface area contributed by atoms with Gasteiger partial charge < -0.3 is 5.32 Å². The molecule has 0 unspecified atom stereocenters. The van der Waals surface area contributed by atoms with E-state index in [2.05, 4.69) is 27.4 Å². The van der Waals surface area contributed by atoms with Crippen LogP contribution in [0.3, 0.4) is 0 Å². The number of nitrogens with one attached hydrogen (secondary N) is 1. The van der Waals surface area contributed by atoms with Crippen molar-refractivity contribution in [1.29, 1.82) is 0 Å². The predicted octanol–water partition coefficient (Wildman–Crippen LogP) is 3.64. The number of halogens is 1. The normalized spacial score (nSPS) is 14.4. The molecule has 0 saturated heterocycles. The topological polar surface area (TPSA) is 37.8 Å². The molecule has 98 valence electrons. The second-order valence-electron chi connectivity index (χ2n) is 4.93. The molecule has 0 atom stereocenters. The van der Waals surface area contributed by atoms with Gasteiger partial charge in [0.15, 0.2) is 0 Å². The highest BCUT2D eigenvalue weighted by Gasteiger charge is 2.26. The zero-order valence-corrected chi connectivity index (χ0v) is 11.6. The fourth-order valence-corrected chi connectivity index (χ4v) is 2.36. The Balaban J connectivity index is 1.89. The lowest BCUT2D eigenvalue weighted by Crippen LogP contribution is -2.04. The highest BCUT2D eigenvalue weighted by Crippen LogP contribution is 2.39. The minimum Gasteiger partial charge on any atom is -0.373 e. The van der Waals surface area contributed by atoms with E-state index >= 15 is 0 Å². The molecule has 1 N–H and O–H groups in total. The maximum atomic E-state index is 6.01. The molecule has 1 aromatic heterocycles. The van der Waals surface area contributed by atoms with E-state index in [1.54, 1.807) is 0 Å². The number of hydrogen-bond acceptors (Lipinski definition) is 3. The Morgan fingerprint density at radius 3 is 2.79 bits per heavy atom. The van der Waals surface area contributed by atoms with Crippen molar-refractivity contribution in [2.45, 2.75) is 25.2 Å². The standard InChI is InChI=1S/C15H16ClN3/c1-17-14-9-13(11-5-6-11)18-15(19-14)8-10-3-2-4-12(16)7-10/h2-4,7,9,11H,5-6,8H2,1H3,(H,17,18,19). The van der Waals surface area contributed by atoms with E-state index in [4.69, 9.17) is 11.6 Å². The first-order chi connectivity index (χ1) is 9.24. The molecular weight excluding hydrogens is 258 g/mol. The summed E-state index contributed by atoms with van der Waals surface area (Å²) < 4.78 is 0. The molecule has 1 aliphatic carbocycles. The SMILES string of the molecule is CNc1cc(C2CC2)nc(Cc2cccc(Cl)c2)n1. The summed E-state index contributed by atoms with van der Waals surface area (Å²) in [5.74, 6) is 2.39. The van der Waals surface area contributed by atoms with Gasteiger partial charge in [0, 0.05) is 36.2 Å². The largest absolute Gasteiger partial charge is 0.373 e. The van der Waals surface area contributed by atoms with Gasteiger partial charge in [0.1, 0.15) is 11.6 Å². The average molecular weight is 274 g/mol. The minimum absolute atomic E-state index is 0.633. The van der Waals surface area contributed by atoms with Crippen LogP contribution in [0.1, 0.15) is 35.8 Å². The molecule has 1 saturated carbocycles. The Morgan fingerprint density at radius 2 is 2.11 bits per heavy atom. The fraction of sp³-hybridized carbons (Fsp3) is 0.333. The first-order valence-electron chi connectivity index (χ1n) is 6.54. The fourth-order valence-electron chi connectivity index (χ4n) is 2.14. The molecule has 0 spiro atoms. The summed E-state index contributed by atoms with van der Waals surface area (Å²) in [4.78, 5) is 9.20. The zero-order valence-electron chi connectivity index (χ0n) is 10.9. The summed E-state index contributed by atoms with van der Waals surface area (Å²) >= 11 is 6.01. The van der Waals surface area contributed by atoms with Crippen LogP contribution in [0.5, 0.6) is 0 Å². The van der Waals surface area contributed by atoms with Gasteiger partial charge in [0.05, 0.1) is 0 Å². The van der Waals surface area contributed by atoms with Gasteiger partial charge in [-0.05, 0) is 30.5 Å². The van der Waals surface area contributed by atoms with E-state index in [1.165, 1.54) is 12.8 Å². The Hall–Kier alpha value is -1.61. The summed E-state index contributed by atoms with van der Waals surface area (Å²) in [7, 11) is 1.89. The van der Waals surface area contributed by atoms with Gasteiger partial charge in [-0.3, -0.25) is 0 Å². The zero-order chi connectivity index (χ0) is 13.2. The third-order valence-electron chi connectivity index (χ3n) is 3.30. The minimum atomic E-state index is 0.633. The molecular formula is C15H16ClN3. The first-order valence-corrected chi connectivity index (χ1v) is 6.92. The molecule has 3 rings (SSSR count). The number of benzene rings is 1. The molecule has 1 heterocycles. The number of anilines is 1. The van der Waals surface area contributed by atoms with Crippen LogP contribution in [-0.4, -0.2) is 17.0 Å². The van der Waals surface area contributed by atoms with E-state index in [9.17, 15) is 0 Å². The molecule has 1 aromatic carbocycles. The highest BCUT2D eigenvalue weighted by molar-refractivity contribution is 6.30. The number of nitrogens with zero attached hydrogens (tertiary/aromatic N) is 2. The molecule has 1 fully saturated rings. The summed E-state index contributed by atoms with van der Waals surface area (Å²) in [6, 6.07) is 9.91. The second kappa shape index (κ2) is 5.17. The van der Waals surface area contributed by atoms with E-state index in [1.807, 2.05) is 25.2 Å². The van der Waals surface area contributed by atoms with Gasteiger partial charge in [-0.1, -0.05) is 23.7 Å². The van der Waals surface area contributed by atoms with Gasteiger partial charge in [0.25, 0.3) is 0 Å². The van der Waals surface area contributed by atoms with E-state index in [-0.39, 0.29) is 0 Å². The van der Waals surface area contributed by atoms with Crippen LogP contribution in [-0.2, 0) is 6.42 Å². The van der Waals surface area contributed by atoms with Gasteiger partial charge >= 0.3 is 0 Å². The quantitative estimate of drug-likeness (QED) is 0.924. The van der Waals surface area contributed by atoms with Crippen LogP contribution < -0.4 is 5.32 Å². The summed E-state index contributed by atoms with van der Waals surface area (Å²) in [6.07, 6.45) is 3.21. The molecule has 1 aliphatic rings. The van der Waals surface area contributed by atoms with Crippen molar-refractivity contribution >= 4 is 17.4 Å². The molecule has 0 radical (unpaired) electrons. The Kier molecular flexibility index (Phi) is 3.38. The lowest BCUT2D eigenvalue weighted by atomic mass is 10.1. The summed E-state index contributed by atoms with van der Waals surface area (Å²) in [6.45, 7) is 0. The van der Waals surface area contributed by atoms with E-state index < -0.39 is 0 Å². The van der Waals surface area contributed by atoms with Crippen molar-refractivity contribution in [2.75, 3.05) is 12.4 Å². The van der Waals surface area contributed by atoms with Crippen molar-refractivity contribution in [3.63, 3.8) is 0 Å². The van der Waals surface area contributed by atoms with Crippen LogP contribution in [0.2, 0.25) is 5.02 Å². The lowest BCUT2D eigenvalue weighted by molar-refractivity contribution is 0.901. The molecule has 0 aliphatic heterocycles. The molecule has 2 aromatic rings. The Labute approximate surface area is 118 Å². The molecule has 3 nitrogen and oxygen atoms in total. The van der Waals surface area contributed by atoms with Crippen molar-refractivity contribution in [3.05, 3.63) is 52.4 Å². The smallest absolute Gasteiger partial charge is 0.135 e. The van der Waals surface area contributed by atoms with Crippen molar-refractivity contribution < 1.29 is 0 Å². The summed E-state index contributed by atoms with van der Waals surface area (Å²) in [5, 5.41) is 3.86. The van der Waals surface area contributed by atoms with Crippen molar-refractivity contribution in [1.82, 2.24) is 9.97 Å². The van der Waals surface area contributed by atoms with Gasteiger partial charge in [-0.25, -0.2) is 9.97 Å². The summed E-state index contributed by atoms with van der Waals surface area (Å²) in [5.41, 5.74) is 2.30. The van der Waals surface area contributed by atoms with Crippen LogP contribution >= 0.6 is 11.6 Å².